The normalized spacial score (nSPS) is 10.4. The highest BCUT2D eigenvalue weighted by atomic mass is 79.9. The van der Waals surface area contributed by atoms with Gasteiger partial charge in [0.05, 0.1) is 25.9 Å². The highest BCUT2D eigenvalue weighted by Gasteiger charge is 2.07. The highest BCUT2D eigenvalue weighted by Crippen LogP contribution is 2.31. The fourth-order valence-electron chi connectivity index (χ4n) is 1.40. The van der Waals surface area contributed by atoms with Gasteiger partial charge in [-0.05, 0) is 40.2 Å². The number of anilines is 3. The van der Waals surface area contributed by atoms with Gasteiger partial charge in [0.25, 0.3) is 0 Å². The fraction of sp³-hybridized carbons (Fsp3) is 0. The molecule has 0 spiro atoms. The molecule has 0 atom stereocenters. The first kappa shape index (κ1) is 13.5. The van der Waals surface area contributed by atoms with E-state index in [0.29, 0.717) is 25.9 Å². The topological polar surface area (TPSA) is 38.0 Å². The molecule has 6 heteroatoms. The average Bonchev–Trinajstić information content (AvgIpc) is 2.31. The molecule has 18 heavy (non-hydrogen) atoms. The molecular formula is C12H8BrCl2FN2. The van der Waals surface area contributed by atoms with Gasteiger partial charge < -0.3 is 11.1 Å². The zero-order chi connectivity index (χ0) is 13.3. The summed E-state index contributed by atoms with van der Waals surface area (Å²) in [4.78, 5) is 0. The first-order chi connectivity index (χ1) is 8.47. The van der Waals surface area contributed by atoms with Crippen LogP contribution in [0.3, 0.4) is 0 Å². The third-order valence-electron chi connectivity index (χ3n) is 2.29. The van der Waals surface area contributed by atoms with Gasteiger partial charge in [-0.3, -0.25) is 0 Å². The number of hydrogen-bond donors (Lipinski definition) is 2. The number of halogens is 4. The number of nitrogen functional groups attached to an aromatic ring is 1. The third-order valence-corrected chi connectivity index (χ3v) is 3.64. The average molecular weight is 350 g/mol. The Morgan fingerprint density at radius 3 is 2.50 bits per heavy atom. The van der Waals surface area contributed by atoms with Crippen LogP contribution in [0.1, 0.15) is 0 Å². The standard InChI is InChI=1S/C12H8BrCl2FN2/c13-7-4-12(11(17)5-10(7)16)18-6-1-2-8(14)9(15)3-6/h1-5,18H,17H2. The molecule has 0 saturated carbocycles. The molecule has 0 aliphatic rings. The predicted octanol–water partition coefficient (Wildman–Crippen LogP) is 5.22. The summed E-state index contributed by atoms with van der Waals surface area (Å²) >= 11 is 14.8. The molecule has 2 aromatic rings. The van der Waals surface area contributed by atoms with Crippen molar-refractivity contribution in [2.75, 3.05) is 11.1 Å². The van der Waals surface area contributed by atoms with E-state index in [1.54, 1.807) is 24.3 Å². The quantitative estimate of drug-likeness (QED) is 0.729. The highest BCUT2D eigenvalue weighted by molar-refractivity contribution is 9.10. The summed E-state index contributed by atoms with van der Waals surface area (Å²) in [5.41, 5.74) is 7.33. The minimum atomic E-state index is -0.410. The molecule has 0 radical (unpaired) electrons. The van der Waals surface area contributed by atoms with Gasteiger partial charge >= 0.3 is 0 Å². The maximum Gasteiger partial charge on any atom is 0.139 e. The molecule has 0 aliphatic carbocycles. The molecule has 0 fully saturated rings. The summed E-state index contributed by atoms with van der Waals surface area (Å²) in [7, 11) is 0. The molecule has 0 aliphatic heterocycles. The first-order valence-corrected chi connectivity index (χ1v) is 6.49. The van der Waals surface area contributed by atoms with Gasteiger partial charge in [-0.1, -0.05) is 23.2 Å². The van der Waals surface area contributed by atoms with Crippen LogP contribution in [-0.2, 0) is 0 Å². The van der Waals surface area contributed by atoms with E-state index in [4.69, 9.17) is 28.9 Å². The smallest absolute Gasteiger partial charge is 0.139 e. The van der Waals surface area contributed by atoms with Crippen LogP contribution < -0.4 is 11.1 Å². The van der Waals surface area contributed by atoms with Crippen molar-refractivity contribution in [1.82, 2.24) is 0 Å². The van der Waals surface area contributed by atoms with Gasteiger partial charge in [-0.25, -0.2) is 4.39 Å². The van der Waals surface area contributed by atoms with Crippen LogP contribution in [0.4, 0.5) is 21.5 Å². The largest absolute Gasteiger partial charge is 0.397 e. The maximum absolute atomic E-state index is 13.2. The second-order valence-electron chi connectivity index (χ2n) is 3.61. The zero-order valence-electron chi connectivity index (χ0n) is 8.98. The molecule has 0 bridgehead atoms. The van der Waals surface area contributed by atoms with Gasteiger partial charge in [-0.15, -0.1) is 0 Å². The number of hydrogen-bond acceptors (Lipinski definition) is 2. The Balaban J connectivity index is 2.34. The Hall–Kier alpha value is -0.970. The van der Waals surface area contributed by atoms with Crippen molar-refractivity contribution < 1.29 is 4.39 Å². The summed E-state index contributed by atoms with van der Waals surface area (Å²) in [6.07, 6.45) is 0. The Morgan fingerprint density at radius 1 is 1.11 bits per heavy atom. The van der Waals surface area contributed by atoms with Crippen LogP contribution in [0.5, 0.6) is 0 Å². The van der Waals surface area contributed by atoms with Gasteiger partial charge in [0, 0.05) is 11.8 Å². The number of benzene rings is 2. The summed E-state index contributed by atoms with van der Waals surface area (Å²) in [6.45, 7) is 0. The van der Waals surface area contributed by atoms with E-state index in [2.05, 4.69) is 21.2 Å². The molecule has 94 valence electrons. The summed E-state index contributed by atoms with van der Waals surface area (Å²) < 4.78 is 13.6. The molecule has 2 nitrogen and oxygen atoms in total. The van der Waals surface area contributed by atoms with Crippen molar-refractivity contribution in [2.24, 2.45) is 0 Å². The lowest BCUT2D eigenvalue weighted by molar-refractivity contribution is 0.622. The maximum atomic E-state index is 13.2. The van der Waals surface area contributed by atoms with E-state index in [1.807, 2.05) is 0 Å². The SMILES string of the molecule is Nc1cc(F)c(Br)cc1Nc1ccc(Cl)c(Cl)c1. The molecular weight excluding hydrogens is 342 g/mol. The summed E-state index contributed by atoms with van der Waals surface area (Å²) in [5.74, 6) is -0.410. The van der Waals surface area contributed by atoms with Crippen LogP contribution in [0.2, 0.25) is 10.0 Å². The van der Waals surface area contributed by atoms with Gasteiger partial charge in [-0.2, -0.15) is 0 Å². The van der Waals surface area contributed by atoms with E-state index in [9.17, 15) is 4.39 Å². The second-order valence-corrected chi connectivity index (χ2v) is 5.28. The Morgan fingerprint density at radius 2 is 1.83 bits per heavy atom. The minimum absolute atomic E-state index is 0.307. The van der Waals surface area contributed by atoms with Crippen molar-refractivity contribution in [1.29, 1.82) is 0 Å². The molecule has 0 saturated heterocycles. The third kappa shape index (κ3) is 2.88. The molecule has 3 N–H and O–H groups in total. The van der Waals surface area contributed by atoms with Crippen molar-refractivity contribution >= 4 is 56.2 Å². The van der Waals surface area contributed by atoms with Crippen molar-refractivity contribution in [3.63, 3.8) is 0 Å². The van der Waals surface area contributed by atoms with Crippen LogP contribution in [-0.4, -0.2) is 0 Å². The van der Waals surface area contributed by atoms with Crippen LogP contribution in [0.25, 0.3) is 0 Å². The van der Waals surface area contributed by atoms with Crippen LogP contribution in [0.15, 0.2) is 34.8 Å². The number of nitrogens with two attached hydrogens (primary N) is 1. The minimum Gasteiger partial charge on any atom is -0.397 e. The van der Waals surface area contributed by atoms with Crippen molar-refractivity contribution in [3.8, 4) is 0 Å². The van der Waals surface area contributed by atoms with E-state index in [1.165, 1.54) is 6.07 Å². The van der Waals surface area contributed by atoms with E-state index in [-0.39, 0.29) is 0 Å². The van der Waals surface area contributed by atoms with Gasteiger partial charge in [0.15, 0.2) is 0 Å². The second kappa shape index (κ2) is 5.34. The molecule has 0 unspecified atom stereocenters. The molecule has 0 aromatic heterocycles. The zero-order valence-corrected chi connectivity index (χ0v) is 12.1. The lowest BCUT2D eigenvalue weighted by Crippen LogP contribution is -1.97. The summed E-state index contributed by atoms with van der Waals surface area (Å²) in [5, 5.41) is 3.94. The predicted molar refractivity (Wildman–Crippen MR) is 78.3 cm³/mol. The monoisotopic (exact) mass is 348 g/mol. The van der Waals surface area contributed by atoms with Gasteiger partial charge in [0.2, 0.25) is 0 Å². The van der Waals surface area contributed by atoms with Crippen molar-refractivity contribution in [3.05, 3.63) is 50.7 Å². The van der Waals surface area contributed by atoms with Gasteiger partial charge in [0.1, 0.15) is 5.82 Å². The fourth-order valence-corrected chi connectivity index (χ4v) is 2.04. The molecule has 2 aromatic carbocycles. The number of rotatable bonds is 2. The Kier molecular flexibility index (Phi) is 4.00. The van der Waals surface area contributed by atoms with E-state index >= 15 is 0 Å². The van der Waals surface area contributed by atoms with E-state index in [0.717, 1.165) is 5.69 Å². The van der Waals surface area contributed by atoms with Crippen LogP contribution >= 0.6 is 39.1 Å². The Bertz CT molecular complexity index is 605. The molecule has 2 rings (SSSR count). The van der Waals surface area contributed by atoms with E-state index < -0.39 is 5.82 Å². The van der Waals surface area contributed by atoms with Crippen LogP contribution in [0, 0.1) is 5.82 Å². The van der Waals surface area contributed by atoms with Crippen molar-refractivity contribution in [2.45, 2.75) is 0 Å². The first-order valence-electron chi connectivity index (χ1n) is 4.94. The summed E-state index contributed by atoms with van der Waals surface area (Å²) in [6, 6.07) is 7.89. The number of nitrogens with one attached hydrogen (secondary N) is 1. The molecule has 0 heterocycles. The lowest BCUT2D eigenvalue weighted by atomic mass is 10.2. The molecule has 0 amide bonds. The lowest BCUT2D eigenvalue weighted by Gasteiger charge is -2.11. The Labute approximate surface area is 122 Å².